The van der Waals surface area contributed by atoms with E-state index in [0.29, 0.717) is 0 Å². The van der Waals surface area contributed by atoms with Crippen LogP contribution in [0.2, 0.25) is 5.02 Å². The van der Waals surface area contributed by atoms with Gasteiger partial charge in [-0.25, -0.2) is 0 Å². The lowest BCUT2D eigenvalue weighted by Gasteiger charge is -2.07. The van der Waals surface area contributed by atoms with Crippen molar-refractivity contribution in [3.63, 3.8) is 0 Å². The molecule has 1 aromatic carbocycles. The van der Waals surface area contributed by atoms with Crippen LogP contribution in [0.4, 0.5) is 0 Å². The standard InChI is InChI=1S/C11H14ClN/c12-11-3-1-2-9(7-11)6-10-4-5-13-8-10/h1-3,7,10,13H,4-6,8H2. The number of hydrogen-bond acceptors (Lipinski definition) is 1. The first-order valence-electron chi connectivity index (χ1n) is 4.80. The molecule has 0 spiro atoms. The third-order valence-corrected chi connectivity index (χ3v) is 2.81. The molecular formula is C11H14ClN. The maximum atomic E-state index is 5.91. The molecule has 1 unspecified atom stereocenters. The average Bonchev–Trinajstić information content (AvgIpc) is 2.57. The fraction of sp³-hybridized carbons (Fsp3) is 0.455. The largest absolute Gasteiger partial charge is 0.316 e. The SMILES string of the molecule is Clc1cccc(CC2CCNC2)c1. The smallest absolute Gasteiger partial charge is 0.0408 e. The van der Waals surface area contributed by atoms with E-state index >= 15 is 0 Å². The molecule has 1 fully saturated rings. The third-order valence-electron chi connectivity index (χ3n) is 2.58. The molecule has 1 heterocycles. The minimum Gasteiger partial charge on any atom is -0.316 e. The molecule has 0 bridgehead atoms. The highest BCUT2D eigenvalue weighted by atomic mass is 35.5. The summed E-state index contributed by atoms with van der Waals surface area (Å²) in [5.41, 5.74) is 1.36. The van der Waals surface area contributed by atoms with Gasteiger partial charge >= 0.3 is 0 Å². The van der Waals surface area contributed by atoms with Crippen molar-refractivity contribution in [3.8, 4) is 0 Å². The lowest BCUT2D eigenvalue weighted by molar-refractivity contribution is 0.580. The van der Waals surface area contributed by atoms with Crippen LogP contribution < -0.4 is 5.32 Å². The summed E-state index contributed by atoms with van der Waals surface area (Å²) in [5.74, 6) is 0.804. The van der Waals surface area contributed by atoms with Crippen LogP contribution in [-0.2, 0) is 6.42 Å². The lowest BCUT2D eigenvalue weighted by Crippen LogP contribution is -2.10. The van der Waals surface area contributed by atoms with Crippen LogP contribution in [0.1, 0.15) is 12.0 Å². The number of hydrogen-bond donors (Lipinski definition) is 1. The topological polar surface area (TPSA) is 12.0 Å². The van der Waals surface area contributed by atoms with E-state index in [1.807, 2.05) is 12.1 Å². The molecule has 0 aliphatic carbocycles. The van der Waals surface area contributed by atoms with E-state index < -0.39 is 0 Å². The second-order valence-electron chi connectivity index (χ2n) is 3.69. The van der Waals surface area contributed by atoms with Crippen LogP contribution in [0.5, 0.6) is 0 Å². The van der Waals surface area contributed by atoms with Crippen molar-refractivity contribution in [3.05, 3.63) is 34.9 Å². The Bertz CT molecular complexity index is 279. The van der Waals surface area contributed by atoms with Gasteiger partial charge in [-0.05, 0) is 49.5 Å². The fourth-order valence-electron chi connectivity index (χ4n) is 1.89. The fourth-order valence-corrected chi connectivity index (χ4v) is 2.10. The van der Waals surface area contributed by atoms with Crippen molar-refractivity contribution in [1.82, 2.24) is 5.32 Å². The van der Waals surface area contributed by atoms with Crippen molar-refractivity contribution in [2.45, 2.75) is 12.8 Å². The van der Waals surface area contributed by atoms with E-state index in [1.54, 1.807) is 0 Å². The highest BCUT2D eigenvalue weighted by Crippen LogP contribution is 2.17. The molecule has 1 aliphatic heterocycles. The Kier molecular flexibility index (Phi) is 2.87. The Morgan fingerprint density at radius 3 is 3.08 bits per heavy atom. The van der Waals surface area contributed by atoms with E-state index in [9.17, 15) is 0 Å². The van der Waals surface area contributed by atoms with Gasteiger partial charge in [-0.15, -0.1) is 0 Å². The molecule has 0 aromatic heterocycles. The first-order valence-corrected chi connectivity index (χ1v) is 5.17. The van der Waals surface area contributed by atoms with Gasteiger partial charge in [0.05, 0.1) is 0 Å². The summed E-state index contributed by atoms with van der Waals surface area (Å²) in [6, 6.07) is 8.18. The van der Waals surface area contributed by atoms with Gasteiger partial charge in [-0.1, -0.05) is 23.7 Å². The highest BCUT2D eigenvalue weighted by molar-refractivity contribution is 6.30. The summed E-state index contributed by atoms with van der Waals surface area (Å²) >= 11 is 5.91. The van der Waals surface area contributed by atoms with Gasteiger partial charge < -0.3 is 5.32 Å². The number of halogens is 1. The molecule has 1 nitrogen and oxygen atoms in total. The van der Waals surface area contributed by atoms with Gasteiger partial charge in [0.2, 0.25) is 0 Å². The monoisotopic (exact) mass is 195 g/mol. The minimum absolute atomic E-state index is 0.804. The van der Waals surface area contributed by atoms with E-state index in [-0.39, 0.29) is 0 Å². The average molecular weight is 196 g/mol. The van der Waals surface area contributed by atoms with E-state index in [0.717, 1.165) is 23.9 Å². The third kappa shape index (κ3) is 2.45. The molecule has 0 amide bonds. The highest BCUT2D eigenvalue weighted by Gasteiger charge is 2.14. The van der Waals surface area contributed by atoms with Crippen molar-refractivity contribution in [2.24, 2.45) is 5.92 Å². The molecule has 13 heavy (non-hydrogen) atoms. The van der Waals surface area contributed by atoms with Gasteiger partial charge in [0.25, 0.3) is 0 Å². The molecule has 1 aromatic rings. The Balaban J connectivity index is 2.00. The molecule has 2 rings (SSSR count). The second kappa shape index (κ2) is 4.12. The van der Waals surface area contributed by atoms with Gasteiger partial charge in [-0.2, -0.15) is 0 Å². The second-order valence-corrected chi connectivity index (χ2v) is 4.13. The van der Waals surface area contributed by atoms with Gasteiger partial charge in [0, 0.05) is 5.02 Å². The van der Waals surface area contributed by atoms with Crippen LogP contribution in [0.15, 0.2) is 24.3 Å². The zero-order valence-corrected chi connectivity index (χ0v) is 8.35. The Morgan fingerprint density at radius 2 is 2.38 bits per heavy atom. The van der Waals surface area contributed by atoms with Crippen LogP contribution >= 0.6 is 11.6 Å². The zero-order valence-electron chi connectivity index (χ0n) is 7.59. The summed E-state index contributed by atoms with van der Waals surface area (Å²) < 4.78 is 0. The van der Waals surface area contributed by atoms with Gasteiger partial charge in [0.1, 0.15) is 0 Å². The van der Waals surface area contributed by atoms with Crippen molar-refractivity contribution < 1.29 is 0 Å². The quantitative estimate of drug-likeness (QED) is 0.765. The Labute approximate surface area is 84.1 Å². The number of nitrogens with one attached hydrogen (secondary N) is 1. The molecule has 1 atom stereocenters. The van der Waals surface area contributed by atoms with E-state index in [4.69, 9.17) is 11.6 Å². The maximum absolute atomic E-state index is 5.91. The Morgan fingerprint density at radius 1 is 1.46 bits per heavy atom. The molecule has 0 saturated carbocycles. The van der Waals surface area contributed by atoms with Crippen LogP contribution in [0.25, 0.3) is 0 Å². The van der Waals surface area contributed by atoms with Gasteiger partial charge in [0.15, 0.2) is 0 Å². The predicted molar refractivity (Wildman–Crippen MR) is 56.1 cm³/mol. The molecule has 0 radical (unpaired) electrons. The van der Waals surface area contributed by atoms with E-state index in [1.165, 1.54) is 18.5 Å². The molecular weight excluding hydrogens is 182 g/mol. The first-order chi connectivity index (χ1) is 6.34. The molecule has 2 heteroatoms. The van der Waals surface area contributed by atoms with Crippen LogP contribution in [0.3, 0.4) is 0 Å². The maximum Gasteiger partial charge on any atom is 0.0408 e. The molecule has 70 valence electrons. The minimum atomic E-state index is 0.804. The molecule has 1 N–H and O–H groups in total. The number of rotatable bonds is 2. The molecule has 1 aliphatic rings. The Hall–Kier alpha value is -0.530. The van der Waals surface area contributed by atoms with Crippen molar-refractivity contribution >= 4 is 11.6 Å². The van der Waals surface area contributed by atoms with Gasteiger partial charge in [-0.3, -0.25) is 0 Å². The summed E-state index contributed by atoms with van der Waals surface area (Å²) in [6.07, 6.45) is 2.46. The normalized spacial score (nSPS) is 22.1. The predicted octanol–water partition coefficient (Wildman–Crippen LogP) is 2.49. The zero-order chi connectivity index (χ0) is 9.10. The summed E-state index contributed by atoms with van der Waals surface area (Å²) in [4.78, 5) is 0. The lowest BCUT2D eigenvalue weighted by atomic mass is 9.99. The van der Waals surface area contributed by atoms with E-state index in [2.05, 4.69) is 17.4 Å². The van der Waals surface area contributed by atoms with Crippen LogP contribution in [0, 0.1) is 5.92 Å². The first kappa shape index (κ1) is 9.04. The van der Waals surface area contributed by atoms with Crippen molar-refractivity contribution in [1.29, 1.82) is 0 Å². The molecule has 1 saturated heterocycles. The summed E-state index contributed by atoms with van der Waals surface area (Å²) in [7, 11) is 0. The van der Waals surface area contributed by atoms with Crippen LogP contribution in [-0.4, -0.2) is 13.1 Å². The number of benzene rings is 1. The summed E-state index contributed by atoms with van der Waals surface area (Å²) in [6.45, 7) is 2.33. The van der Waals surface area contributed by atoms with Crippen molar-refractivity contribution in [2.75, 3.05) is 13.1 Å². The summed E-state index contributed by atoms with van der Waals surface area (Å²) in [5, 5.41) is 4.22.